The number of hydrogen-bond donors (Lipinski definition) is 6. The maximum atomic E-state index is 12.4. The Morgan fingerprint density at radius 3 is 2.32 bits per heavy atom. The molecule has 0 aliphatic carbocycles. The van der Waals surface area contributed by atoms with Gasteiger partial charge in [-0.25, -0.2) is 14.4 Å². The number of carbonyl (C=O) groups is 4. The minimum atomic E-state index is -1.44. The molecule has 0 aromatic heterocycles. The topological polar surface area (TPSA) is 175 Å². The van der Waals surface area contributed by atoms with Crippen LogP contribution in [0, 0.1) is 5.41 Å². The molecule has 0 aliphatic heterocycles. The molecule has 0 aliphatic rings. The average Bonchev–Trinajstić information content (AvgIpc) is 2.86. The smallest absolute Gasteiger partial charge is 0.407 e. The number of urea groups is 1. The van der Waals surface area contributed by atoms with Gasteiger partial charge in [0.15, 0.2) is 0 Å². The third-order valence-corrected chi connectivity index (χ3v) is 4.86. The number of aromatic hydroxyl groups is 1. The monoisotopic (exact) mass is 530 g/mol. The number of alkyl carbamates (subject to hydrolysis) is 1. The summed E-state index contributed by atoms with van der Waals surface area (Å²) in [7, 11) is 0. The lowest BCUT2D eigenvalue weighted by Crippen LogP contribution is -2.48. The van der Waals surface area contributed by atoms with Gasteiger partial charge in [0.25, 0.3) is 5.91 Å². The van der Waals surface area contributed by atoms with Crippen molar-refractivity contribution in [3.63, 3.8) is 0 Å². The molecule has 2 aromatic rings. The lowest BCUT2D eigenvalue weighted by atomic mass is 9.99. The van der Waals surface area contributed by atoms with Gasteiger partial charge >= 0.3 is 18.1 Å². The van der Waals surface area contributed by atoms with Gasteiger partial charge in [-0.2, -0.15) is 0 Å². The van der Waals surface area contributed by atoms with Crippen molar-refractivity contribution in [2.45, 2.75) is 33.4 Å². The van der Waals surface area contributed by atoms with Crippen molar-refractivity contribution >= 4 is 24.0 Å². The Morgan fingerprint density at radius 2 is 1.68 bits per heavy atom. The average molecular weight is 531 g/mol. The Hall–Kier alpha value is -4.48. The summed E-state index contributed by atoms with van der Waals surface area (Å²) in [6, 6.07) is 11.6. The Kier molecular flexibility index (Phi) is 11.2. The van der Waals surface area contributed by atoms with E-state index in [2.05, 4.69) is 21.3 Å². The van der Waals surface area contributed by atoms with E-state index in [4.69, 9.17) is 9.47 Å². The molecule has 6 N–H and O–H groups in total. The van der Waals surface area contributed by atoms with Crippen LogP contribution < -0.4 is 26.0 Å². The van der Waals surface area contributed by atoms with Crippen LogP contribution >= 0.6 is 0 Å². The van der Waals surface area contributed by atoms with Crippen LogP contribution in [0.4, 0.5) is 9.59 Å². The van der Waals surface area contributed by atoms with Gasteiger partial charge in [-0.05, 0) is 23.1 Å². The quantitative estimate of drug-likeness (QED) is 0.226. The highest BCUT2D eigenvalue weighted by molar-refractivity contribution is 5.97. The lowest BCUT2D eigenvalue weighted by molar-refractivity contribution is -0.139. The van der Waals surface area contributed by atoms with Crippen molar-refractivity contribution in [2.75, 3.05) is 26.3 Å². The van der Waals surface area contributed by atoms with Crippen molar-refractivity contribution in [3.05, 3.63) is 59.7 Å². The largest absolute Gasteiger partial charge is 0.507 e. The summed E-state index contributed by atoms with van der Waals surface area (Å²) in [5, 5.41) is 29.5. The van der Waals surface area contributed by atoms with Gasteiger partial charge in [0, 0.05) is 19.2 Å². The van der Waals surface area contributed by atoms with Crippen LogP contribution in [-0.4, -0.2) is 66.6 Å². The number of amides is 4. The first kappa shape index (κ1) is 29.7. The standard InChI is InChI=1S/C26H34N4O8/c1-26(2,3)16-38-25(36)30-20(23(33)34)15-28-22(32)19-10-9-18(13-21(19)31)37-12-11-27-24(35)29-14-17-7-5-4-6-8-17/h4-10,13,20,31H,11-12,14-16H2,1-3H3,(H,28,32)(H,30,36)(H,33,34)(H2,27,29,35). The number of phenolic OH excluding ortho intramolecular Hbond substituents is 1. The second-order valence-electron chi connectivity index (χ2n) is 9.50. The number of carboxylic acid groups (broad SMARTS) is 1. The molecule has 0 spiro atoms. The molecule has 38 heavy (non-hydrogen) atoms. The number of phenols is 1. The van der Waals surface area contributed by atoms with Crippen molar-refractivity contribution in [2.24, 2.45) is 5.41 Å². The molecule has 0 radical (unpaired) electrons. The van der Waals surface area contributed by atoms with E-state index < -0.39 is 36.3 Å². The summed E-state index contributed by atoms with van der Waals surface area (Å²) >= 11 is 0. The molecule has 0 saturated heterocycles. The van der Waals surface area contributed by atoms with E-state index in [0.717, 1.165) is 5.56 Å². The molecule has 2 rings (SSSR count). The molecule has 12 nitrogen and oxygen atoms in total. The fraction of sp³-hybridized carbons (Fsp3) is 0.385. The van der Waals surface area contributed by atoms with Crippen molar-refractivity contribution in [1.29, 1.82) is 0 Å². The molecular weight excluding hydrogens is 496 g/mol. The molecule has 206 valence electrons. The third kappa shape index (κ3) is 11.1. The number of ether oxygens (including phenoxy) is 2. The Morgan fingerprint density at radius 1 is 0.974 bits per heavy atom. The predicted octanol–water partition coefficient (Wildman–Crippen LogP) is 2.23. The fourth-order valence-electron chi connectivity index (χ4n) is 2.92. The van der Waals surface area contributed by atoms with Crippen molar-refractivity contribution in [3.8, 4) is 11.5 Å². The van der Waals surface area contributed by atoms with Crippen LogP contribution in [0.25, 0.3) is 0 Å². The van der Waals surface area contributed by atoms with Crippen molar-refractivity contribution < 1.29 is 38.9 Å². The zero-order chi connectivity index (χ0) is 28.1. The number of aliphatic carboxylic acids is 1. The molecule has 0 fully saturated rings. The fourth-order valence-corrected chi connectivity index (χ4v) is 2.92. The molecule has 12 heteroatoms. The first-order valence-electron chi connectivity index (χ1n) is 11.9. The van der Waals surface area contributed by atoms with Gasteiger partial charge in [0.1, 0.15) is 24.1 Å². The number of hydrogen-bond acceptors (Lipinski definition) is 7. The minimum Gasteiger partial charge on any atom is -0.507 e. The first-order valence-corrected chi connectivity index (χ1v) is 11.9. The van der Waals surface area contributed by atoms with Crippen LogP contribution in [-0.2, 0) is 16.1 Å². The van der Waals surface area contributed by atoms with Crippen LogP contribution in [0.3, 0.4) is 0 Å². The maximum absolute atomic E-state index is 12.4. The molecule has 4 amide bonds. The van der Waals surface area contributed by atoms with Crippen molar-refractivity contribution in [1.82, 2.24) is 21.3 Å². The number of nitrogens with one attached hydrogen (secondary N) is 4. The van der Waals surface area contributed by atoms with E-state index in [-0.39, 0.29) is 42.5 Å². The van der Waals surface area contributed by atoms with E-state index in [1.54, 1.807) is 0 Å². The van der Waals surface area contributed by atoms with E-state index in [1.807, 2.05) is 51.1 Å². The summed E-state index contributed by atoms with van der Waals surface area (Å²) in [4.78, 5) is 47.6. The molecule has 1 unspecified atom stereocenters. The molecule has 1 atom stereocenters. The molecule has 0 heterocycles. The zero-order valence-corrected chi connectivity index (χ0v) is 21.6. The highest BCUT2D eigenvalue weighted by Gasteiger charge is 2.23. The summed E-state index contributed by atoms with van der Waals surface area (Å²) in [6.07, 6.45) is -0.922. The second-order valence-corrected chi connectivity index (χ2v) is 9.50. The highest BCUT2D eigenvalue weighted by atomic mass is 16.5. The van der Waals surface area contributed by atoms with Gasteiger partial charge in [-0.3, -0.25) is 4.79 Å². The number of benzene rings is 2. The van der Waals surface area contributed by atoms with E-state index >= 15 is 0 Å². The summed E-state index contributed by atoms with van der Waals surface area (Å²) in [6.45, 7) is 5.89. The van der Waals surface area contributed by atoms with Gasteiger partial charge in [0.05, 0.1) is 18.7 Å². The van der Waals surface area contributed by atoms with E-state index in [9.17, 15) is 29.4 Å². The normalized spacial score (nSPS) is 11.6. The second kappa shape index (κ2) is 14.3. The maximum Gasteiger partial charge on any atom is 0.407 e. The minimum absolute atomic E-state index is 0.0807. The Labute approximate surface area is 220 Å². The summed E-state index contributed by atoms with van der Waals surface area (Å²) < 4.78 is 10.5. The van der Waals surface area contributed by atoms with Gasteiger partial charge in [0.2, 0.25) is 0 Å². The first-order chi connectivity index (χ1) is 17.9. The predicted molar refractivity (Wildman–Crippen MR) is 138 cm³/mol. The van der Waals surface area contributed by atoms with E-state index in [0.29, 0.717) is 6.54 Å². The van der Waals surface area contributed by atoms with Gasteiger partial charge in [-0.1, -0.05) is 51.1 Å². The van der Waals surface area contributed by atoms with Gasteiger partial charge in [-0.15, -0.1) is 0 Å². The Balaban J connectivity index is 1.76. The molecule has 0 bridgehead atoms. The number of rotatable bonds is 12. The number of carbonyl (C=O) groups excluding carboxylic acids is 3. The summed E-state index contributed by atoms with van der Waals surface area (Å²) in [5.74, 6) is -2.24. The van der Waals surface area contributed by atoms with Crippen LogP contribution in [0.5, 0.6) is 11.5 Å². The molecular formula is C26H34N4O8. The Bertz CT molecular complexity index is 1100. The molecule has 2 aromatic carbocycles. The third-order valence-electron chi connectivity index (χ3n) is 4.86. The van der Waals surface area contributed by atoms with Crippen LogP contribution in [0.15, 0.2) is 48.5 Å². The van der Waals surface area contributed by atoms with Crippen LogP contribution in [0.2, 0.25) is 0 Å². The van der Waals surface area contributed by atoms with E-state index in [1.165, 1.54) is 18.2 Å². The highest BCUT2D eigenvalue weighted by Crippen LogP contribution is 2.23. The lowest BCUT2D eigenvalue weighted by Gasteiger charge is -2.20. The SMILES string of the molecule is CC(C)(C)COC(=O)NC(CNC(=O)c1ccc(OCCNC(=O)NCc2ccccc2)cc1O)C(=O)O. The number of carboxylic acids is 1. The van der Waals surface area contributed by atoms with Crippen LogP contribution in [0.1, 0.15) is 36.7 Å². The summed E-state index contributed by atoms with van der Waals surface area (Å²) in [5.41, 5.74) is 0.549. The van der Waals surface area contributed by atoms with Gasteiger partial charge < -0.3 is 41.0 Å². The zero-order valence-electron chi connectivity index (χ0n) is 21.6. The molecule has 0 saturated carbocycles.